The van der Waals surface area contributed by atoms with Gasteiger partial charge in [-0.3, -0.25) is 0 Å². The van der Waals surface area contributed by atoms with Crippen molar-refractivity contribution < 1.29 is 19.1 Å². The molecule has 0 amide bonds. The minimum atomic E-state index is 0.615. The number of allylic oxidation sites excluding steroid dienone is 2. The molecule has 2 aromatic carbocycles. The van der Waals surface area contributed by atoms with E-state index in [-0.39, 0.29) is 0 Å². The Kier molecular flexibility index (Phi) is 76.6. The summed E-state index contributed by atoms with van der Waals surface area (Å²) < 4.78 is 1.57. The monoisotopic (exact) mass is 1550 g/mol. The third kappa shape index (κ3) is 61.2. The standard InChI is InChI=1S/C54H80N2.2C26H53.Ni/c1-6-11-16-21-25-34-46(32-23-18-13-8-3)41-43-48-36-28-30-39-51(48)53-45-50(38-27-20-15-10-5)54(56(53)55)52-40-31-29-37-49(52)44-42-47(33-24-19-14-9-4)35-26-22-17-12-7-2;2*1-3-5-7-9-11-13-15-17-19-21-23-25-26-24-22-20-18-16-14-12-10-8-6-4-2;/h28-31,36-37,39-40,45-47H,6-20,23-24,27,32-35,38,41-44H2,1-5H3;2*1,3-26H2,2H3;. The number of benzene rings is 2. The zero-order valence-corrected chi connectivity index (χ0v) is 75.5. The minimum absolute atomic E-state index is 0.615. The summed E-state index contributed by atoms with van der Waals surface area (Å²) in [5.74, 6) is 15.3. The Hall–Kier alpha value is -2.87. The van der Waals surface area contributed by atoms with Gasteiger partial charge >= 0.3 is 166 Å². The first-order valence-corrected chi connectivity index (χ1v) is 50.8. The van der Waals surface area contributed by atoms with Crippen LogP contribution >= 0.6 is 0 Å². The maximum atomic E-state index is 12.3. The van der Waals surface area contributed by atoms with Crippen LogP contribution in [0.4, 0.5) is 0 Å². The number of aryl methyl sites for hydroxylation is 2. The molecule has 0 bridgehead atoms. The predicted octanol–water partition coefficient (Wildman–Crippen LogP) is 37.3. The van der Waals surface area contributed by atoms with Crippen molar-refractivity contribution in [3.63, 3.8) is 0 Å². The van der Waals surface area contributed by atoms with Crippen molar-refractivity contribution in [2.75, 3.05) is 0 Å². The van der Waals surface area contributed by atoms with Crippen LogP contribution in [0.2, 0.25) is 10.8 Å². The van der Waals surface area contributed by atoms with Gasteiger partial charge in [-0.15, -0.1) is 23.7 Å². The van der Waals surface area contributed by atoms with Crippen LogP contribution in [0.15, 0.2) is 60.2 Å². The summed E-state index contributed by atoms with van der Waals surface area (Å²) in [6.07, 6.45) is 105. The van der Waals surface area contributed by atoms with Gasteiger partial charge < -0.3 is 5.53 Å². The van der Waals surface area contributed by atoms with E-state index < -0.39 is 0 Å². The average molecular weight is 1550 g/mol. The summed E-state index contributed by atoms with van der Waals surface area (Å²) >= 11 is 2.05. The fraction of sp³-hybridized carbons (Fsp3) is 0.811. The molecule has 0 aromatic heterocycles. The molecule has 2 unspecified atom stereocenters. The summed E-state index contributed by atoms with van der Waals surface area (Å²) in [7, 11) is 0. The number of hydrogen-bond acceptors (Lipinski definition) is 0. The first-order valence-electron chi connectivity index (χ1n) is 49.5. The van der Waals surface area contributed by atoms with Gasteiger partial charge in [0.05, 0.1) is 0 Å². The average Bonchev–Trinajstić information content (AvgIpc) is 1.73. The van der Waals surface area contributed by atoms with Crippen LogP contribution in [-0.4, -0.2) is 4.70 Å². The van der Waals surface area contributed by atoms with Gasteiger partial charge in [0.25, 0.3) is 0 Å². The van der Waals surface area contributed by atoms with Crippen LogP contribution in [0.25, 0.3) is 16.9 Å². The van der Waals surface area contributed by atoms with E-state index in [9.17, 15) is 5.53 Å². The Morgan fingerprint density at radius 2 is 0.541 bits per heavy atom. The molecule has 109 heavy (non-hydrogen) atoms. The minimum Gasteiger partial charge on any atom is -0.0654 e. The summed E-state index contributed by atoms with van der Waals surface area (Å²) in [6.45, 7) is 16.0. The van der Waals surface area contributed by atoms with Gasteiger partial charge in [0.15, 0.2) is 0 Å². The van der Waals surface area contributed by atoms with E-state index >= 15 is 0 Å². The van der Waals surface area contributed by atoms with Gasteiger partial charge in [0, 0.05) is 48.5 Å². The first kappa shape index (κ1) is 102. The third-order valence-electron chi connectivity index (χ3n) is 24.0. The molecule has 0 aliphatic carbocycles. The van der Waals surface area contributed by atoms with Crippen LogP contribution in [0.1, 0.15) is 539 Å². The molecule has 1 aliphatic heterocycles. The van der Waals surface area contributed by atoms with Gasteiger partial charge in [-0.05, 0) is 99.3 Å². The van der Waals surface area contributed by atoms with Crippen LogP contribution in [-0.2, 0) is 27.3 Å². The molecule has 2 nitrogen and oxygen atoms in total. The van der Waals surface area contributed by atoms with Crippen LogP contribution in [0.3, 0.4) is 0 Å². The molecule has 0 N–H and O–H groups in total. The molecular formula is C106H186N2Ni. The molecule has 0 spiro atoms. The van der Waals surface area contributed by atoms with Crippen molar-refractivity contribution in [1.82, 2.24) is 0 Å². The molecule has 0 fully saturated rings. The van der Waals surface area contributed by atoms with Gasteiger partial charge in [-0.25, -0.2) is 4.70 Å². The SMILES string of the molecule is CCCCC#CCC(CCCCCC)CCc1ccccc1C1=CC(CCCCCC)=C(c2ccccc2CCC(CC#CCCCC)CCCCCC)[N+]1=[N-].CCCCCCCCCCCCCCCCCCCCCCCCC[CH2][Ni][CH2]CCCCCCCCCCCCCCCCCCCCCCCCC. The van der Waals surface area contributed by atoms with E-state index in [4.69, 9.17) is 0 Å². The summed E-state index contributed by atoms with van der Waals surface area (Å²) in [5, 5.41) is 2.87. The fourth-order valence-electron chi connectivity index (χ4n) is 16.5. The van der Waals surface area contributed by atoms with Gasteiger partial charge in [-0.1, -0.05) is 335 Å². The topological polar surface area (TPSA) is 25.3 Å². The quantitative estimate of drug-likeness (QED) is 0.0273. The third-order valence-corrected chi connectivity index (χ3v) is 25.4. The van der Waals surface area contributed by atoms with Crippen LogP contribution in [0, 0.1) is 35.5 Å². The van der Waals surface area contributed by atoms with Gasteiger partial charge in [-0.2, -0.15) is 0 Å². The Morgan fingerprint density at radius 1 is 0.275 bits per heavy atom. The second-order valence-electron chi connectivity index (χ2n) is 34.4. The van der Waals surface area contributed by atoms with Crippen molar-refractivity contribution in [2.45, 2.75) is 541 Å². The Labute approximate surface area is 690 Å². The van der Waals surface area contributed by atoms with E-state index in [2.05, 4.69) is 141 Å². The molecule has 630 valence electrons. The molecule has 1 heterocycles. The smallest absolute Gasteiger partial charge is 0.0654 e. The van der Waals surface area contributed by atoms with Crippen molar-refractivity contribution in [1.29, 1.82) is 0 Å². The van der Waals surface area contributed by atoms with Gasteiger partial charge in [0.2, 0.25) is 11.4 Å². The predicted molar refractivity (Wildman–Crippen MR) is 488 cm³/mol. The Balaban J connectivity index is 0.000000742. The normalized spacial score (nSPS) is 12.7. The summed E-state index contributed by atoms with van der Waals surface area (Å²) in [4.78, 5) is 0. The zero-order chi connectivity index (χ0) is 78.1. The van der Waals surface area contributed by atoms with Crippen LogP contribution in [0.5, 0.6) is 0 Å². The number of unbranched alkanes of at least 4 members (excludes halogenated alkanes) is 59. The van der Waals surface area contributed by atoms with E-state index in [1.54, 1.807) is 4.70 Å². The van der Waals surface area contributed by atoms with Crippen LogP contribution < -0.4 is 0 Å². The van der Waals surface area contributed by atoms with Crippen molar-refractivity contribution >= 4 is 11.4 Å². The maximum absolute atomic E-state index is 12.3. The Morgan fingerprint density at radius 3 is 0.862 bits per heavy atom. The number of hydrogen-bond donors (Lipinski definition) is 0. The zero-order valence-electron chi connectivity index (χ0n) is 74.5. The molecule has 0 saturated carbocycles. The molecule has 0 saturated heterocycles. The molecule has 0 radical (unpaired) electrons. The van der Waals surface area contributed by atoms with E-state index in [1.165, 1.54) is 456 Å². The second-order valence-corrected chi connectivity index (χ2v) is 35.9. The van der Waals surface area contributed by atoms with Gasteiger partial charge in [0.1, 0.15) is 0 Å². The fourth-order valence-corrected chi connectivity index (χ4v) is 17.8. The van der Waals surface area contributed by atoms with Crippen molar-refractivity contribution in [2.24, 2.45) is 11.8 Å². The van der Waals surface area contributed by atoms with E-state index in [0.29, 0.717) is 11.8 Å². The van der Waals surface area contributed by atoms with E-state index in [0.717, 1.165) is 75.6 Å². The summed E-state index contributed by atoms with van der Waals surface area (Å²) in [6, 6.07) is 17.8. The van der Waals surface area contributed by atoms with Crippen molar-refractivity contribution in [3.05, 3.63) is 88.0 Å². The molecule has 3 rings (SSSR count). The molecule has 1 aliphatic rings. The van der Waals surface area contributed by atoms with E-state index in [1.807, 2.05) is 0 Å². The molecule has 2 aromatic rings. The number of rotatable bonds is 79. The first-order chi connectivity index (χ1) is 54.0. The second kappa shape index (κ2) is 81.7. The summed E-state index contributed by atoms with van der Waals surface area (Å²) in [5.41, 5.74) is 20.6. The number of nitrogens with zero attached hydrogens (tertiary/aromatic N) is 2. The van der Waals surface area contributed by atoms with Crippen molar-refractivity contribution in [3.8, 4) is 23.7 Å². The Bertz CT molecular complexity index is 2420. The molecule has 3 heteroatoms. The molecule has 2 atom stereocenters. The molecular weight excluding hydrogens is 1360 g/mol.